The van der Waals surface area contributed by atoms with Crippen LogP contribution in [0.2, 0.25) is 0 Å². The van der Waals surface area contributed by atoms with E-state index in [9.17, 15) is 8.42 Å². The Labute approximate surface area is 147 Å². The van der Waals surface area contributed by atoms with E-state index in [1.807, 2.05) is 0 Å². The Morgan fingerprint density at radius 2 is 2.00 bits per heavy atom. The van der Waals surface area contributed by atoms with Gasteiger partial charge in [-0.25, -0.2) is 13.4 Å². The minimum Gasteiger partial charge on any atom is -0.348 e. The van der Waals surface area contributed by atoms with Gasteiger partial charge < -0.3 is 9.47 Å². The summed E-state index contributed by atoms with van der Waals surface area (Å²) < 4.78 is 25.9. The largest absolute Gasteiger partial charge is 0.348 e. The maximum atomic E-state index is 11.8. The van der Waals surface area contributed by atoms with E-state index in [2.05, 4.69) is 34.8 Å². The van der Waals surface area contributed by atoms with Gasteiger partial charge in [0.05, 0.1) is 17.2 Å². The zero-order chi connectivity index (χ0) is 16.9. The van der Waals surface area contributed by atoms with E-state index in [1.54, 1.807) is 11.3 Å². The van der Waals surface area contributed by atoms with Gasteiger partial charge >= 0.3 is 0 Å². The lowest BCUT2D eigenvalue weighted by Gasteiger charge is -2.16. The Hall–Kier alpha value is -1.34. The van der Waals surface area contributed by atoms with Gasteiger partial charge in [0.15, 0.2) is 15.0 Å². The van der Waals surface area contributed by atoms with Gasteiger partial charge in [-0.3, -0.25) is 0 Å². The summed E-state index contributed by atoms with van der Waals surface area (Å²) >= 11 is 1.71. The molecule has 130 valence electrons. The number of aryl methyl sites for hydroxylation is 1. The Balaban J connectivity index is 1.66. The summed E-state index contributed by atoms with van der Waals surface area (Å²) in [6, 6.07) is 2.23. The molecular weight excluding hydrogens is 342 g/mol. The monoisotopic (exact) mass is 365 g/mol. The summed E-state index contributed by atoms with van der Waals surface area (Å²) in [6.45, 7) is 6.36. The molecule has 0 aromatic carbocycles. The number of sulfone groups is 1. The summed E-state index contributed by atoms with van der Waals surface area (Å²) in [6.07, 6.45) is 3.22. The third-order valence-corrected chi connectivity index (χ3v) is 7.85. The molecule has 1 unspecified atom stereocenters. The predicted molar refractivity (Wildman–Crippen MR) is 98.8 cm³/mol. The van der Waals surface area contributed by atoms with E-state index in [0.717, 1.165) is 40.9 Å². The summed E-state index contributed by atoms with van der Waals surface area (Å²) in [7, 11) is -2.88. The molecule has 2 saturated heterocycles. The van der Waals surface area contributed by atoms with Crippen LogP contribution < -0.4 is 4.90 Å². The van der Waals surface area contributed by atoms with Gasteiger partial charge in [-0.05, 0) is 39.2 Å². The summed E-state index contributed by atoms with van der Waals surface area (Å²) in [4.78, 5) is 7.20. The number of hydrogen-bond acceptors (Lipinski definition) is 5. The molecule has 0 spiro atoms. The van der Waals surface area contributed by atoms with E-state index < -0.39 is 9.84 Å². The molecular formula is C17H23N3O2S2. The van der Waals surface area contributed by atoms with E-state index in [1.165, 1.54) is 12.8 Å². The molecule has 1 atom stereocenters. The first-order chi connectivity index (χ1) is 11.4. The van der Waals surface area contributed by atoms with E-state index in [0.29, 0.717) is 12.2 Å². The van der Waals surface area contributed by atoms with Gasteiger partial charge in [0.2, 0.25) is 0 Å². The molecule has 2 fully saturated rings. The average Bonchev–Trinajstić information content (AvgIpc) is 3.26. The van der Waals surface area contributed by atoms with Gasteiger partial charge in [-0.15, -0.1) is 11.3 Å². The lowest BCUT2D eigenvalue weighted by Crippen LogP contribution is -2.17. The second-order valence-corrected chi connectivity index (χ2v) is 9.99. The van der Waals surface area contributed by atoms with Gasteiger partial charge in [-0.2, -0.15) is 0 Å². The van der Waals surface area contributed by atoms with Crippen LogP contribution in [0.25, 0.3) is 11.3 Å². The third-order valence-electron chi connectivity index (χ3n) is 5.20. The highest BCUT2D eigenvalue weighted by atomic mass is 32.2. The van der Waals surface area contributed by atoms with Crippen LogP contribution in [-0.4, -0.2) is 42.6 Å². The molecule has 0 aliphatic carbocycles. The van der Waals surface area contributed by atoms with Crippen molar-refractivity contribution in [2.24, 2.45) is 0 Å². The fourth-order valence-corrected chi connectivity index (χ4v) is 6.60. The molecule has 0 radical (unpaired) electrons. The lowest BCUT2D eigenvalue weighted by atomic mass is 10.2. The second kappa shape index (κ2) is 5.88. The van der Waals surface area contributed by atoms with Crippen LogP contribution in [0.3, 0.4) is 0 Å². The Morgan fingerprint density at radius 1 is 1.25 bits per heavy atom. The summed E-state index contributed by atoms with van der Waals surface area (Å²) in [5.41, 5.74) is 4.41. The predicted octanol–water partition coefficient (Wildman–Crippen LogP) is 3.19. The quantitative estimate of drug-likeness (QED) is 0.838. The standard InChI is InChI=1S/C17H23N3O2S2/c1-12-9-15(13(2)20(12)14-5-8-24(21,22)11-14)16-10-23-17(18-16)19-6-3-4-7-19/h9-10,14H,3-8,11H2,1-2H3. The molecule has 2 aliphatic heterocycles. The van der Waals surface area contributed by atoms with Crippen molar-refractivity contribution in [3.8, 4) is 11.3 Å². The van der Waals surface area contributed by atoms with E-state index in [-0.39, 0.29) is 11.8 Å². The van der Waals surface area contributed by atoms with Crippen LogP contribution in [-0.2, 0) is 9.84 Å². The van der Waals surface area contributed by atoms with Crippen LogP contribution in [0.15, 0.2) is 11.4 Å². The zero-order valence-electron chi connectivity index (χ0n) is 14.2. The van der Waals surface area contributed by atoms with E-state index >= 15 is 0 Å². The Kier molecular flexibility index (Phi) is 3.95. The zero-order valence-corrected chi connectivity index (χ0v) is 15.8. The van der Waals surface area contributed by atoms with Gasteiger partial charge in [0.1, 0.15) is 0 Å². The molecule has 0 bridgehead atoms. The number of aromatic nitrogens is 2. The molecule has 7 heteroatoms. The maximum Gasteiger partial charge on any atom is 0.185 e. The minimum atomic E-state index is -2.88. The van der Waals surface area contributed by atoms with Crippen molar-refractivity contribution in [3.63, 3.8) is 0 Å². The second-order valence-electron chi connectivity index (χ2n) is 6.92. The van der Waals surface area contributed by atoms with Crippen molar-refractivity contribution < 1.29 is 8.42 Å². The van der Waals surface area contributed by atoms with Crippen molar-refractivity contribution in [1.29, 1.82) is 0 Å². The highest BCUT2D eigenvalue weighted by Crippen LogP contribution is 2.35. The SMILES string of the molecule is Cc1cc(-c2csc(N3CCCC3)n2)c(C)n1C1CCS(=O)(=O)C1. The molecule has 4 heterocycles. The number of anilines is 1. The van der Waals surface area contributed by atoms with Crippen molar-refractivity contribution in [3.05, 3.63) is 22.8 Å². The van der Waals surface area contributed by atoms with Crippen LogP contribution in [0, 0.1) is 13.8 Å². The molecule has 2 aliphatic rings. The summed E-state index contributed by atoms with van der Waals surface area (Å²) in [5, 5.41) is 3.24. The van der Waals surface area contributed by atoms with Crippen molar-refractivity contribution in [1.82, 2.24) is 9.55 Å². The molecule has 0 N–H and O–H groups in total. The molecule has 0 amide bonds. The minimum absolute atomic E-state index is 0.0699. The van der Waals surface area contributed by atoms with Crippen LogP contribution in [0.5, 0.6) is 0 Å². The van der Waals surface area contributed by atoms with Gasteiger partial charge in [0.25, 0.3) is 0 Å². The first-order valence-corrected chi connectivity index (χ1v) is 11.2. The highest BCUT2D eigenvalue weighted by Gasteiger charge is 2.31. The third kappa shape index (κ3) is 2.77. The van der Waals surface area contributed by atoms with Crippen molar-refractivity contribution in [2.45, 2.75) is 39.2 Å². The fourth-order valence-electron chi connectivity index (χ4n) is 4.02. The number of thiazole rings is 1. The van der Waals surface area contributed by atoms with Crippen LogP contribution >= 0.6 is 11.3 Å². The van der Waals surface area contributed by atoms with Crippen LogP contribution in [0.4, 0.5) is 5.13 Å². The smallest absolute Gasteiger partial charge is 0.185 e. The van der Waals surface area contributed by atoms with Crippen molar-refractivity contribution >= 4 is 26.3 Å². The molecule has 2 aromatic rings. The fraction of sp³-hybridized carbons (Fsp3) is 0.588. The first kappa shape index (κ1) is 16.1. The van der Waals surface area contributed by atoms with Crippen molar-refractivity contribution in [2.75, 3.05) is 29.5 Å². The molecule has 24 heavy (non-hydrogen) atoms. The maximum absolute atomic E-state index is 11.8. The highest BCUT2D eigenvalue weighted by molar-refractivity contribution is 7.91. The first-order valence-electron chi connectivity index (χ1n) is 8.54. The molecule has 5 nitrogen and oxygen atoms in total. The van der Waals surface area contributed by atoms with E-state index in [4.69, 9.17) is 4.98 Å². The molecule has 0 saturated carbocycles. The Morgan fingerprint density at radius 3 is 2.67 bits per heavy atom. The number of hydrogen-bond donors (Lipinski definition) is 0. The molecule has 4 rings (SSSR count). The topological polar surface area (TPSA) is 55.2 Å². The normalized spacial score (nSPS) is 23.2. The Bertz CT molecular complexity index is 861. The summed E-state index contributed by atoms with van der Waals surface area (Å²) in [5.74, 6) is 0.568. The number of nitrogens with zero attached hydrogens (tertiary/aromatic N) is 3. The number of rotatable bonds is 3. The molecule has 2 aromatic heterocycles. The van der Waals surface area contributed by atoms with Gasteiger partial charge in [-0.1, -0.05) is 0 Å². The van der Waals surface area contributed by atoms with Crippen LogP contribution in [0.1, 0.15) is 36.7 Å². The average molecular weight is 366 g/mol. The lowest BCUT2D eigenvalue weighted by molar-refractivity contribution is 0.536. The van der Waals surface area contributed by atoms with Gasteiger partial charge in [0, 0.05) is 41.5 Å².